The topological polar surface area (TPSA) is 121 Å². The molecule has 37 heavy (non-hydrogen) atoms. The van der Waals surface area contributed by atoms with Gasteiger partial charge in [-0.1, -0.05) is 6.07 Å². The predicted octanol–water partition coefficient (Wildman–Crippen LogP) is 6.63. The zero-order chi connectivity index (χ0) is 26.5. The first-order chi connectivity index (χ1) is 17.7. The van der Waals surface area contributed by atoms with E-state index in [1.54, 1.807) is 30.3 Å². The smallest absolute Gasteiger partial charge is 0.291 e. The van der Waals surface area contributed by atoms with Crippen LogP contribution in [0.4, 0.5) is 11.4 Å². The second kappa shape index (κ2) is 10.8. The Morgan fingerprint density at radius 2 is 1.57 bits per heavy atom. The van der Waals surface area contributed by atoms with Crippen LogP contribution in [0.3, 0.4) is 0 Å². The lowest BCUT2D eigenvalue weighted by atomic mass is 10.1. The molecule has 0 bridgehead atoms. The summed E-state index contributed by atoms with van der Waals surface area (Å²) in [4.78, 5) is 35.0. The maximum Gasteiger partial charge on any atom is 0.291 e. The molecule has 0 radical (unpaired) electrons. The number of carbonyl (C=O) groups is 2. The number of rotatable bonds is 9. The Bertz CT molecular complexity index is 1450. The maximum absolute atomic E-state index is 12.8. The molecule has 9 heteroatoms. The van der Waals surface area contributed by atoms with Gasteiger partial charge in [0.05, 0.1) is 16.7 Å². The molecule has 0 saturated carbocycles. The van der Waals surface area contributed by atoms with Gasteiger partial charge in [0.2, 0.25) is 0 Å². The average molecular weight is 501 g/mol. The van der Waals surface area contributed by atoms with Crippen LogP contribution in [0, 0.1) is 24.0 Å². The number of nitrogens with zero attached hydrogens (tertiary/aromatic N) is 1. The fourth-order valence-electron chi connectivity index (χ4n) is 3.66. The summed E-state index contributed by atoms with van der Waals surface area (Å²) in [7, 11) is 0. The first-order valence-corrected chi connectivity index (χ1v) is 11.4. The minimum Gasteiger partial charge on any atom is -0.486 e. The molecule has 1 aromatic heterocycles. The van der Waals surface area contributed by atoms with Crippen molar-refractivity contribution in [2.45, 2.75) is 27.4 Å². The van der Waals surface area contributed by atoms with Crippen LogP contribution in [-0.2, 0) is 6.61 Å². The standard InChI is InChI=1S/C28H24N2O7/c1-17-10-18(2)12-25(11-17)36-26-14-21(13-22(15-26)30(33)34)29-28(32)27-9-8-24(37-27)16-35-23-6-4-20(5-7-23)19(3)31/h4-15H,16H2,1-3H3,(H,29,32). The van der Waals surface area contributed by atoms with Gasteiger partial charge >= 0.3 is 0 Å². The van der Waals surface area contributed by atoms with E-state index in [9.17, 15) is 19.7 Å². The Morgan fingerprint density at radius 3 is 2.22 bits per heavy atom. The molecule has 4 rings (SSSR count). The molecule has 0 fully saturated rings. The fourth-order valence-corrected chi connectivity index (χ4v) is 3.66. The third kappa shape index (κ3) is 6.61. The molecule has 0 atom stereocenters. The van der Waals surface area contributed by atoms with Crippen LogP contribution in [0.2, 0.25) is 0 Å². The molecule has 0 aliphatic carbocycles. The second-order valence-electron chi connectivity index (χ2n) is 8.49. The third-order valence-electron chi connectivity index (χ3n) is 5.32. The number of ketones is 1. The van der Waals surface area contributed by atoms with Crippen LogP contribution in [0.15, 0.2) is 77.2 Å². The number of Topliss-reactive ketones (excluding diaryl/α,β-unsaturated/α-hetero) is 1. The van der Waals surface area contributed by atoms with E-state index in [4.69, 9.17) is 13.9 Å². The highest BCUT2D eigenvalue weighted by Gasteiger charge is 2.16. The molecule has 0 unspecified atom stereocenters. The summed E-state index contributed by atoms with van der Waals surface area (Å²) < 4.78 is 17.1. The normalized spacial score (nSPS) is 10.6. The fraction of sp³-hybridized carbons (Fsp3) is 0.143. The van der Waals surface area contributed by atoms with Crippen molar-refractivity contribution in [3.8, 4) is 17.2 Å². The van der Waals surface area contributed by atoms with Crippen LogP contribution in [0.25, 0.3) is 0 Å². The van der Waals surface area contributed by atoms with E-state index in [0.29, 0.717) is 22.8 Å². The largest absolute Gasteiger partial charge is 0.486 e. The second-order valence-corrected chi connectivity index (χ2v) is 8.49. The van der Waals surface area contributed by atoms with E-state index < -0.39 is 10.8 Å². The summed E-state index contributed by atoms with van der Waals surface area (Å²) in [5.41, 5.74) is 2.49. The van der Waals surface area contributed by atoms with Crippen molar-refractivity contribution >= 4 is 23.1 Å². The summed E-state index contributed by atoms with van der Waals surface area (Å²) in [6, 6.07) is 19.4. The van der Waals surface area contributed by atoms with Gasteiger partial charge in [-0.05, 0) is 80.4 Å². The Morgan fingerprint density at radius 1 is 0.892 bits per heavy atom. The highest BCUT2D eigenvalue weighted by molar-refractivity contribution is 6.02. The number of nitro groups is 1. The average Bonchev–Trinajstić information content (AvgIpc) is 3.31. The van der Waals surface area contributed by atoms with Gasteiger partial charge in [0.1, 0.15) is 29.6 Å². The lowest BCUT2D eigenvalue weighted by molar-refractivity contribution is -0.384. The zero-order valence-electron chi connectivity index (χ0n) is 20.4. The van der Waals surface area contributed by atoms with Crippen LogP contribution in [-0.4, -0.2) is 16.6 Å². The van der Waals surface area contributed by atoms with Crippen LogP contribution >= 0.6 is 0 Å². The number of aryl methyl sites for hydroxylation is 2. The lowest BCUT2D eigenvalue weighted by Gasteiger charge is -2.10. The number of hydrogen-bond acceptors (Lipinski definition) is 7. The number of hydrogen-bond donors (Lipinski definition) is 1. The minimum atomic E-state index is -0.588. The molecular weight excluding hydrogens is 476 g/mol. The molecule has 0 aliphatic rings. The van der Waals surface area contributed by atoms with E-state index in [1.807, 2.05) is 32.0 Å². The van der Waals surface area contributed by atoms with Crippen molar-refractivity contribution in [1.82, 2.24) is 0 Å². The van der Waals surface area contributed by atoms with Gasteiger partial charge in [-0.15, -0.1) is 0 Å². The molecule has 3 aromatic carbocycles. The van der Waals surface area contributed by atoms with E-state index in [0.717, 1.165) is 11.1 Å². The molecule has 0 spiro atoms. The summed E-state index contributed by atoms with van der Waals surface area (Å²) in [6.07, 6.45) is 0. The number of anilines is 1. The zero-order valence-corrected chi connectivity index (χ0v) is 20.4. The molecule has 1 heterocycles. The van der Waals surface area contributed by atoms with E-state index >= 15 is 0 Å². The van der Waals surface area contributed by atoms with Crippen molar-refractivity contribution in [3.63, 3.8) is 0 Å². The molecule has 1 amide bonds. The summed E-state index contributed by atoms with van der Waals surface area (Å²) in [5, 5.41) is 14.1. The van der Waals surface area contributed by atoms with Crippen molar-refractivity contribution < 1.29 is 28.4 Å². The quantitative estimate of drug-likeness (QED) is 0.155. The highest BCUT2D eigenvalue weighted by atomic mass is 16.6. The monoisotopic (exact) mass is 500 g/mol. The summed E-state index contributed by atoms with van der Waals surface area (Å²) in [6.45, 7) is 5.40. The van der Waals surface area contributed by atoms with Gasteiger partial charge in [0.15, 0.2) is 11.5 Å². The van der Waals surface area contributed by atoms with E-state index in [-0.39, 0.29) is 35.3 Å². The van der Waals surface area contributed by atoms with Gasteiger partial charge in [-0.25, -0.2) is 0 Å². The number of nitrogens with one attached hydrogen (secondary N) is 1. The SMILES string of the molecule is CC(=O)c1ccc(OCc2ccc(C(=O)Nc3cc(Oc4cc(C)cc(C)c4)cc([N+](=O)[O-])c3)o2)cc1. The molecule has 188 valence electrons. The molecule has 9 nitrogen and oxygen atoms in total. The van der Waals surface area contributed by atoms with Crippen LogP contribution < -0.4 is 14.8 Å². The number of ether oxygens (including phenoxy) is 2. The molecule has 1 N–H and O–H groups in total. The Kier molecular flexibility index (Phi) is 7.34. The first-order valence-electron chi connectivity index (χ1n) is 11.4. The number of benzene rings is 3. The first kappa shape index (κ1) is 25.2. The summed E-state index contributed by atoms with van der Waals surface area (Å²) >= 11 is 0. The number of non-ortho nitro benzene ring substituents is 1. The summed E-state index contributed by atoms with van der Waals surface area (Å²) in [5.74, 6) is 1.06. The number of nitro benzene ring substituents is 1. The van der Waals surface area contributed by atoms with Gasteiger partial charge < -0.3 is 19.2 Å². The van der Waals surface area contributed by atoms with Crippen molar-refractivity contribution in [3.05, 3.63) is 111 Å². The van der Waals surface area contributed by atoms with Crippen molar-refractivity contribution in [1.29, 1.82) is 0 Å². The number of furan rings is 1. The van der Waals surface area contributed by atoms with Gasteiger partial charge in [-0.2, -0.15) is 0 Å². The van der Waals surface area contributed by atoms with Gasteiger partial charge in [0, 0.05) is 17.7 Å². The van der Waals surface area contributed by atoms with Gasteiger partial charge in [0.25, 0.3) is 11.6 Å². The molecule has 0 saturated heterocycles. The molecule has 4 aromatic rings. The van der Waals surface area contributed by atoms with Crippen LogP contribution in [0.1, 0.15) is 44.7 Å². The predicted molar refractivity (Wildman–Crippen MR) is 137 cm³/mol. The van der Waals surface area contributed by atoms with Gasteiger partial charge in [-0.3, -0.25) is 19.7 Å². The Balaban J connectivity index is 1.45. The van der Waals surface area contributed by atoms with Crippen LogP contribution in [0.5, 0.6) is 17.2 Å². The third-order valence-corrected chi connectivity index (χ3v) is 5.32. The van der Waals surface area contributed by atoms with E-state index in [2.05, 4.69) is 5.32 Å². The van der Waals surface area contributed by atoms with Crippen molar-refractivity contribution in [2.24, 2.45) is 0 Å². The molecule has 0 aliphatic heterocycles. The Labute approximate surface area is 212 Å². The number of amides is 1. The Hall–Kier alpha value is -4.92. The van der Waals surface area contributed by atoms with Crippen molar-refractivity contribution in [2.75, 3.05) is 5.32 Å². The molecular formula is C28H24N2O7. The highest BCUT2D eigenvalue weighted by Crippen LogP contribution is 2.31. The lowest BCUT2D eigenvalue weighted by Crippen LogP contribution is -2.11. The van der Waals surface area contributed by atoms with E-state index in [1.165, 1.54) is 31.2 Å². The number of carbonyl (C=O) groups excluding carboxylic acids is 2. The minimum absolute atomic E-state index is 0.00816. The maximum atomic E-state index is 12.8.